The fraction of sp³-hybridized carbons (Fsp3) is 0.320. The van der Waals surface area contributed by atoms with Crippen LogP contribution in [0.1, 0.15) is 50.6 Å². The van der Waals surface area contributed by atoms with E-state index in [1.807, 2.05) is 25.1 Å². The Morgan fingerprint density at radius 2 is 2.03 bits per heavy atom. The van der Waals surface area contributed by atoms with Crippen molar-refractivity contribution in [1.82, 2.24) is 25.1 Å². The number of H-pyrrole nitrogens is 1. The zero-order chi connectivity index (χ0) is 22.9. The van der Waals surface area contributed by atoms with Gasteiger partial charge in [0.1, 0.15) is 6.23 Å². The lowest BCUT2D eigenvalue weighted by Crippen LogP contribution is -2.33. The molecule has 0 saturated carbocycles. The first kappa shape index (κ1) is 23.4. The molecule has 3 rings (SSSR count). The third-order valence-corrected chi connectivity index (χ3v) is 5.11. The summed E-state index contributed by atoms with van der Waals surface area (Å²) >= 11 is 0. The number of methoxy groups -OCH3 is 1. The van der Waals surface area contributed by atoms with E-state index < -0.39 is 6.23 Å². The van der Waals surface area contributed by atoms with Gasteiger partial charge in [0.25, 0.3) is 5.56 Å². The topological polar surface area (TPSA) is 84.8 Å². The maximum absolute atomic E-state index is 12.8. The Bertz CT molecular complexity index is 1090. The summed E-state index contributed by atoms with van der Waals surface area (Å²) in [6.45, 7) is 6.35. The summed E-state index contributed by atoms with van der Waals surface area (Å²) in [4.78, 5) is 20.0. The van der Waals surface area contributed by atoms with Gasteiger partial charge < -0.3 is 4.74 Å². The second-order valence-corrected chi connectivity index (χ2v) is 7.86. The minimum absolute atomic E-state index is 0.0608. The van der Waals surface area contributed by atoms with Crippen LogP contribution in [0.25, 0.3) is 5.95 Å². The molecule has 0 fully saturated rings. The zero-order valence-electron chi connectivity index (χ0n) is 19.0. The van der Waals surface area contributed by atoms with E-state index in [-0.39, 0.29) is 11.6 Å². The maximum Gasteiger partial charge on any atom is 0.259 e. The van der Waals surface area contributed by atoms with E-state index in [1.54, 1.807) is 25.6 Å². The molecule has 0 aliphatic carbocycles. The SMILES string of the molecule is C/C=C(\C=C/C(C)C)CC(NC(OC)c1cnc(-n2cccn2)[nH]c1=O)c1ccccc1. The molecule has 0 aliphatic rings. The van der Waals surface area contributed by atoms with Crippen LogP contribution in [-0.4, -0.2) is 26.9 Å². The average Bonchev–Trinajstić information content (AvgIpc) is 3.34. The molecule has 0 spiro atoms. The lowest BCUT2D eigenvalue weighted by Gasteiger charge is -2.25. The van der Waals surface area contributed by atoms with Gasteiger partial charge in [-0.15, -0.1) is 0 Å². The van der Waals surface area contributed by atoms with Crippen molar-refractivity contribution >= 4 is 0 Å². The van der Waals surface area contributed by atoms with Crippen LogP contribution in [-0.2, 0) is 4.74 Å². The molecule has 2 atom stereocenters. The van der Waals surface area contributed by atoms with E-state index in [9.17, 15) is 4.79 Å². The summed E-state index contributed by atoms with van der Waals surface area (Å²) in [5, 5.41) is 7.61. The summed E-state index contributed by atoms with van der Waals surface area (Å²) in [7, 11) is 1.58. The molecule has 2 N–H and O–H groups in total. The van der Waals surface area contributed by atoms with E-state index >= 15 is 0 Å². The lowest BCUT2D eigenvalue weighted by molar-refractivity contribution is 0.0609. The number of ether oxygens (including phenoxy) is 1. The van der Waals surface area contributed by atoms with Crippen LogP contribution in [0.5, 0.6) is 0 Å². The van der Waals surface area contributed by atoms with Crippen LogP contribution in [0.15, 0.2) is 83.6 Å². The summed E-state index contributed by atoms with van der Waals surface area (Å²) in [6.07, 6.45) is 11.5. The lowest BCUT2D eigenvalue weighted by atomic mass is 9.97. The van der Waals surface area contributed by atoms with Gasteiger partial charge >= 0.3 is 0 Å². The molecule has 3 aromatic rings. The van der Waals surface area contributed by atoms with Crippen LogP contribution in [0.3, 0.4) is 0 Å². The van der Waals surface area contributed by atoms with E-state index in [1.165, 1.54) is 16.5 Å². The molecule has 7 nitrogen and oxygen atoms in total. The predicted octanol–water partition coefficient (Wildman–Crippen LogP) is 4.48. The molecule has 2 aromatic heterocycles. The number of aromatic nitrogens is 4. The fourth-order valence-corrected chi connectivity index (χ4v) is 3.35. The number of hydrogen-bond acceptors (Lipinski definition) is 5. The number of aromatic amines is 1. The van der Waals surface area contributed by atoms with E-state index in [0.717, 1.165) is 12.0 Å². The molecule has 0 bridgehead atoms. The second-order valence-electron chi connectivity index (χ2n) is 7.86. The van der Waals surface area contributed by atoms with Gasteiger partial charge in [0.2, 0.25) is 5.95 Å². The molecule has 0 aliphatic heterocycles. The Labute approximate surface area is 188 Å². The third kappa shape index (κ3) is 6.12. The summed E-state index contributed by atoms with van der Waals surface area (Å²) in [5.41, 5.74) is 2.45. The normalized spacial score (nSPS) is 14.2. The largest absolute Gasteiger partial charge is 0.362 e. The minimum Gasteiger partial charge on any atom is -0.362 e. The van der Waals surface area contributed by atoms with E-state index in [2.05, 4.69) is 64.6 Å². The monoisotopic (exact) mass is 433 g/mol. The highest BCUT2D eigenvalue weighted by Gasteiger charge is 2.22. The number of nitrogens with one attached hydrogen (secondary N) is 2. The molecule has 0 radical (unpaired) electrons. The second kappa shape index (κ2) is 11.4. The van der Waals surface area contributed by atoms with Crippen molar-refractivity contribution in [2.75, 3.05) is 7.11 Å². The zero-order valence-corrected chi connectivity index (χ0v) is 19.0. The minimum atomic E-state index is -0.629. The maximum atomic E-state index is 12.8. The van der Waals surface area contributed by atoms with Gasteiger partial charge in [0.15, 0.2) is 0 Å². The molecule has 2 unspecified atom stereocenters. The van der Waals surface area contributed by atoms with Crippen molar-refractivity contribution in [3.8, 4) is 5.95 Å². The van der Waals surface area contributed by atoms with Gasteiger partial charge in [0, 0.05) is 31.7 Å². The van der Waals surface area contributed by atoms with E-state index in [0.29, 0.717) is 17.4 Å². The highest BCUT2D eigenvalue weighted by molar-refractivity contribution is 5.26. The standard InChI is InChI=1S/C25H31N5O2/c1-5-19(13-12-18(2)3)16-22(20-10-7-6-8-11-20)28-24(32-4)21-17-26-25(29-23(21)31)30-15-9-14-27-30/h5-15,17-18,22,24,28H,16H2,1-4H3,(H,26,29,31)/b13-12-,19-5+. The Balaban J connectivity index is 1.87. The van der Waals surface area contributed by atoms with Gasteiger partial charge in [-0.2, -0.15) is 5.10 Å². The first-order chi connectivity index (χ1) is 15.5. The average molecular weight is 434 g/mol. The van der Waals surface area contributed by atoms with E-state index in [4.69, 9.17) is 4.74 Å². The summed E-state index contributed by atoms with van der Waals surface area (Å²) in [6, 6.07) is 11.9. The van der Waals surface area contributed by atoms with Crippen molar-refractivity contribution in [2.45, 2.75) is 39.5 Å². The van der Waals surface area contributed by atoms with Crippen LogP contribution in [0, 0.1) is 5.92 Å². The van der Waals surface area contributed by atoms with Crippen LogP contribution >= 0.6 is 0 Å². The molecule has 0 amide bonds. The number of allylic oxidation sites excluding steroid dienone is 3. The highest BCUT2D eigenvalue weighted by atomic mass is 16.5. The van der Waals surface area contributed by atoms with Crippen molar-refractivity contribution in [1.29, 1.82) is 0 Å². The van der Waals surface area contributed by atoms with Gasteiger partial charge in [-0.1, -0.05) is 68.0 Å². The highest BCUT2D eigenvalue weighted by Crippen LogP contribution is 2.26. The Morgan fingerprint density at radius 1 is 1.25 bits per heavy atom. The Morgan fingerprint density at radius 3 is 2.62 bits per heavy atom. The molecule has 1 aromatic carbocycles. The third-order valence-electron chi connectivity index (χ3n) is 5.11. The molecule has 32 heavy (non-hydrogen) atoms. The molecule has 0 saturated heterocycles. The van der Waals surface area contributed by atoms with Crippen LogP contribution in [0.4, 0.5) is 0 Å². The van der Waals surface area contributed by atoms with Crippen molar-refractivity contribution < 1.29 is 4.74 Å². The first-order valence-corrected chi connectivity index (χ1v) is 10.8. The van der Waals surface area contributed by atoms with Gasteiger partial charge in [-0.3, -0.25) is 15.1 Å². The number of nitrogens with zero attached hydrogens (tertiary/aromatic N) is 3. The van der Waals surface area contributed by atoms with Gasteiger partial charge in [-0.25, -0.2) is 9.67 Å². The predicted molar refractivity (Wildman–Crippen MR) is 126 cm³/mol. The quantitative estimate of drug-likeness (QED) is 0.364. The fourth-order valence-electron chi connectivity index (χ4n) is 3.35. The number of hydrogen-bond donors (Lipinski definition) is 2. The molecular formula is C25H31N5O2. The molecule has 168 valence electrons. The molecule has 7 heteroatoms. The Kier molecular flexibility index (Phi) is 8.30. The Hall–Kier alpha value is -3.29. The van der Waals surface area contributed by atoms with Crippen LogP contribution in [0.2, 0.25) is 0 Å². The number of benzene rings is 1. The molecule has 2 heterocycles. The summed E-state index contributed by atoms with van der Waals surface area (Å²) < 4.78 is 7.19. The van der Waals surface area contributed by atoms with Crippen molar-refractivity contribution in [2.24, 2.45) is 5.92 Å². The van der Waals surface area contributed by atoms with Gasteiger partial charge in [0.05, 0.1) is 5.56 Å². The number of rotatable bonds is 10. The van der Waals surface area contributed by atoms with Crippen molar-refractivity contribution in [3.05, 3.63) is 100 Å². The smallest absolute Gasteiger partial charge is 0.259 e. The van der Waals surface area contributed by atoms with Crippen molar-refractivity contribution in [3.63, 3.8) is 0 Å². The summed E-state index contributed by atoms with van der Waals surface area (Å²) in [5.74, 6) is 0.825. The van der Waals surface area contributed by atoms with Crippen LogP contribution < -0.4 is 10.9 Å². The first-order valence-electron chi connectivity index (χ1n) is 10.8. The van der Waals surface area contributed by atoms with Gasteiger partial charge in [-0.05, 0) is 30.9 Å². The molecular weight excluding hydrogens is 402 g/mol.